The molecule has 2 aromatic carbocycles. The summed E-state index contributed by atoms with van der Waals surface area (Å²) < 4.78 is 0. The zero-order chi connectivity index (χ0) is 24.8. The van der Waals surface area contributed by atoms with Gasteiger partial charge < -0.3 is 15.3 Å². The summed E-state index contributed by atoms with van der Waals surface area (Å²) in [4.78, 5) is 0. The minimum atomic E-state index is -0.470. The Balaban J connectivity index is 1.86. The molecule has 0 spiro atoms. The molecule has 1 fully saturated rings. The highest BCUT2D eigenvalue weighted by Gasteiger charge is 2.34. The maximum Gasteiger partial charge on any atom is 0.0772 e. The van der Waals surface area contributed by atoms with Gasteiger partial charge in [-0.2, -0.15) is 0 Å². The second kappa shape index (κ2) is 11.7. The van der Waals surface area contributed by atoms with Crippen molar-refractivity contribution in [2.75, 3.05) is 0 Å². The highest BCUT2D eigenvalue weighted by atomic mass is 16.3. The summed E-state index contributed by atoms with van der Waals surface area (Å²) in [6.07, 6.45) is 12.9. The third-order valence-corrected chi connectivity index (χ3v) is 7.80. The summed E-state index contributed by atoms with van der Waals surface area (Å²) in [6.45, 7) is 8.31. The topological polar surface area (TPSA) is 60.7 Å². The van der Waals surface area contributed by atoms with E-state index in [4.69, 9.17) is 0 Å². The number of aliphatic hydroxyl groups is 3. The average Bonchev–Trinajstić information content (AvgIpc) is 2.85. The van der Waals surface area contributed by atoms with Gasteiger partial charge in [0.05, 0.1) is 19.3 Å². The maximum absolute atomic E-state index is 10.4. The van der Waals surface area contributed by atoms with Gasteiger partial charge in [-0.25, -0.2) is 0 Å². The predicted octanol–water partition coefficient (Wildman–Crippen LogP) is 6.49. The van der Waals surface area contributed by atoms with Crippen LogP contribution in [0.2, 0.25) is 0 Å². The first-order valence-corrected chi connectivity index (χ1v) is 13.0. The number of rotatable bonds is 9. The van der Waals surface area contributed by atoms with Crippen LogP contribution in [0.5, 0.6) is 0 Å². The van der Waals surface area contributed by atoms with Crippen molar-refractivity contribution in [2.45, 2.75) is 104 Å². The average molecular weight is 465 g/mol. The van der Waals surface area contributed by atoms with Gasteiger partial charge in [-0.05, 0) is 76.3 Å². The molecule has 3 N–H and O–H groups in total. The van der Waals surface area contributed by atoms with Crippen LogP contribution in [0.15, 0.2) is 42.5 Å². The van der Waals surface area contributed by atoms with E-state index in [1.165, 1.54) is 54.4 Å². The predicted molar refractivity (Wildman–Crippen MR) is 142 cm³/mol. The van der Waals surface area contributed by atoms with E-state index < -0.39 is 6.10 Å². The Morgan fingerprint density at radius 1 is 0.912 bits per heavy atom. The molecule has 0 saturated heterocycles. The van der Waals surface area contributed by atoms with Gasteiger partial charge in [-0.3, -0.25) is 0 Å². The van der Waals surface area contributed by atoms with Gasteiger partial charge in [0.1, 0.15) is 0 Å². The first kappa shape index (κ1) is 26.7. The lowest BCUT2D eigenvalue weighted by atomic mass is 9.66. The van der Waals surface area contributed by atoms with E-state index in [1.807, 2.05) is 12.1 Å². The molecular weight excluding hydrogens is 420 g/mol. The van der Waals surface area contributed by atoms with Gasteiger partial charge in [0.25, 0.3) is 0 Å². The zero-order valence-corrected chi connectivity index (χ0v) is 21.6. The highest BCUT2D eigenvalue weighted by Crippen LogP contribution is 2.43. The Morgan fingerprint density at radius 3 is 2.24 bits per heavy atom. The lowest BCUT2D eigenvalue weighted by Gasteiger charge is -2.39. The van der Waals surface area contributed by atoms with Gasteiger partial charge >= 0.3 is 0 Å². The second-order valence-electron chi connectivity index (χ2n) is 11.2. The van der Waals surface area contributed by atoms with Crippen LogP contribution in [0.4, 0.5) is 0 Å². The van der Waals surface area contributed by atoms with Crippen LogP contribution >= 0.6 is 0 Å². The molecule has 0 heterocycles. The van der Waals surface area contributed by atoms with Crippen molar-refractivity contribution in [3.05, 3.63) is 75.9 Å². The lowest BCUT2D eigenvalue weighted by molar-refractivity contribution is 0.106. The Morgan fingerprint density at radius 2 is 1.62 bits per heavy atom. The van der Waals surface area contributed by atoms with Crippen molar-refractivity contribution >= 4 is 6.08 Å². The fourth-order valence-electron chi connectivity index (χ4n) is 5.32. The molecule has 2 aromatic rings. The van der Waals surface area contributed by atoms with Crippen molar-refractivity contribution < 1.29 is 15.3 Å². The first-order chi connectivity index (χ1) is 16.2. The van der Waals surface area contributed by atoms with Crippen molar-refractivity contribution in [1.29, 1.82) is 0 Å². The molecule has 3 rings (SSSR count). The smallest absolute Gasteiger partial charge is 0.0772 e. The van der Waals surface area contributed by atoms with Crippen LogP contribution in [-0.2, 0) is 31.5 Å². The normalized spacial score (nSPS) is 17.3. The van der Waals surface area contributed by atoms with Crippen LogP contribution in [0.25, 0.3) is 6.08 Å². The minimum Gasteiger partial charge on any atom is -0.392 e. The van der Waals surface area contributed by atoms with Gasteiger partial charge in [-0.1, -0.05) is 95.5 Å². The van der Waals surface area contributed by atoms with Gasteiger partial charge in [0.2, 0.25) is 0 Å². The number of benzene rings is 2. The molecule has 186 valence electrons. The molecule has 1 aliphatic carbocycles. The third-order valence-electron chi connectivity index (χ3n) is 7.80. The van der Waals surface area contributed by atoms with Gasteiger partial charge in [0.15, 0.2) is 0 Å². The maximum atomic E-state index is 10.4. The lowest BCUT2D eigenvalue weighted by Crippen LogP contribution is -2.30. The van der Waals surface area contributed by atoms with Crippen LogP contribution in [0.1, 0.15) is 99.6 Å². The number of aliphatic hydroxyl groups excluding tert-OH is 3. The standard InChI is InChI=1S/C31H44O3/c1-5-24-20-28(13-11-25(24)12-14-29(34)30(2,3)4)31(16-7-6-8-17-31)18-15-23-9-10-26(21-32)27(19-23)22-33/h9-14,19-20,29,32-34H,5-8,15-18,21-22H2,1-4H3/b14-12+. The summed E-state index contributed by atoms with van der Waals surface area (Å²) in [5, 5.41) is 29.6. The van der Waals surface area contributed by atoms with E-state index in [0.29, 0.717) is 0 Å². The van der Waals surface area contributed by atoms with Crippen molar-refractivity contribution in [3.8, 4) is 0 Å². The minimum absolute atomic E-state index is 0.0341. The van der Waals surface area contributed by atoms with Crippen LogP contribution in [0.3, 0.4) is 0 Å². The van der Waals surface area contributed by atoms with E-state index in [9.17, 15) is 15.3 Å². The molecule has 34 heavy (non-hydrogen) atoms. The molecule has 3 heteroatoms. The Kier molecular flexibility index (Phi) is 9.14. The fourth-order valence-corrected chi connectivity index (χ4v) is 5.32. The molecule has 0 amide bonds. The third kappa shape index (κ3) is 6.38. The number of aryl methyl sites for hydroxylation is 2. The zero-order valence-electron chi connectivity index (χ0n) is 21.6. The molecule has 1 aliphatic rings. The quantitative estimate of drug-likeness (QED) is 0.397. The fraction of sp³-hybridized carbons (Fsp3) is 0.548. The van der Waals surface area contributed by atoms with E-state index in [-0.39, 0.29) is 24.0 Å². The van der Waals surface area contributed by atoms with Crippen LogP contribution < -0.4 is 0 Å². The molecule has 0 aliphatic heterocycles. The number of hydrogen-bond donors (Lipinski definition) is 3. The Bertz CT molecular complexity index is 961. The SMILES string of the molecule is CCc1cc(C2(CCc3ccc(CO)c(CO)c3)CCCCC2)ccc1/C=C/C(O)C(C)(C)C. The molecule has 1 atom stereocenters. The summed E-state index contributed by atoms with van der Waals surface area (Å²) in [6, 6.07) is 13.1. The number of hydrogen-bond acceptors (Lipinski definition) is 3. The van der Waals surface area contributed by atoms with E-state index in [1.54, 1.807) is 0 Å². The molecule has 0 aromatic heterocycles. The molecular formula is C31H44O3. The molecule has 0 bridgehead atoms. The summed E-state index contributed by atoms with van der Waals surface area (Å²) >= 11 is 0. The van der Waals surface area contributed by atoms with Crippen molar-refractivity contribution in [1.82, 2.24) is 0 Å². The monoisotopic (exact) mass is 464 g/mol. The largest absolute Gasteiger partial charge is 0.392 e. The van der Waals surface area contributed by atoms with E-state index in [2.05, 4.69) is 64.1 Å². The Labute approximate surface area is 206 Å². The first-order valence-electron chi connectivity index (χ1n) is 13.0. The van der Waals surface area contributed by atoms with Crippen LogP contribution in [-0.4, -0.2) is 21.4 Å². The van der Waals surface area contributed by atoms with Crippen molar-refractivity contribution in [2.24, 2.45) is 5.41 Å². The van der Waals surface area contributed by atoms with Crippen LogP contribution in [0, 0.1) is 5.41 Å². The summed E-state index contributed by atoms with van der Waals surface area (Å²) in [5.74, 6) is 0. The Hall–Kier alpha value is -1.94. The second-order valence-corrected chi connectivity index (χ2v) is 11.2. The highest BCUT2D eigenvalue weighted by molar-refractivity contribution is 5.56. The molecule has 1 unspecified atom stereocenters. The molecule has 1 saturated carbocycles. The summed E-state index contributed by atoms with van der Waals surface area (Å²) in [7, 11) is 0. The van der Waals surface area contributed by atoms with Gasteiger partial charge in [0, 0.05) is 0 Å². The molecule has 0 radical (unpaired) electrons. The molecule has 3 nitrogen and oxygen atoms in total. The summed E-state index contributed by atoms with van der Waals surface area (Å²) in [5.41, 5.74) is 6.89. The van der Waals surface area contributed by atoms with Gasteiger partial charge in [-0.15, -0.1) is 0 Å². The van der Waals surface area contributed by atoms with E-state index in [0.717, 1.165) is 30.4 Å². The van der Waals surface area contributed by atoms with Crippen molar-refractivity contribution in [3.63, 3.8) is 0 Å². The van der Waals surface area contributed by atoms with E-state index >= 15 is 0 Å².